The Morgan fingerprint density at radius 1 is 0.722 bits per heavy atom. The fourth-order valence-electron chi connectivity index (χ4n) is 3.06. The Balaban J connectivity index is 2.18. The molecule has 0 aromatic heterocycles. The lowest BCUT2D eigenvalue weighted by Gasteiger charge is -2.39. The van der Waals surface area contributed by atoms with Crippen LogP contribution in [0.4, 0.5) is 57.1 Å². The van der Waals surface area contributed by atoms with Crippen molar-refractivity contribution in [3.05, 3.63) is 29.8 Å². The predicted octanol–water partition coefficient (Wildman–Crippen LogP) is 7.61. The van der Waals surface area contributed by atoms with Gasteiger partial charge >= 0.3 is 36.0 Å². The smallest absolute Gasteiger partial charge is 0.428 e. The van der Waals surface area contributed by atoms with Gasteiger partial charge in [0, 0.05) is 11.5 Å². The van der Waals surface area contributed by atoms with E-state index in [1.54, 1.807) is 0 Å². The van der Waals surface area contributed by atoms with Crippen molar-refractivity contribution in [1.82, 2.24) is 0 Å². The molecule has 0 aliphatic carbocycles. The number of ether oxygens (including phenoxy) is 3. The van der Waals surface area contributed by atoms with Crippen LogP contribution < -0.4 is 4.74 Å². The summed E-state index contributed by atoms with van der Waals surface area (Å²) >= 11 is 0. The molecule has 16 heteroatoms. The van der Waals surface area contributed by atoms with Crippen molar-refractivity contribution in [3.8, 4) is 5.75 Å². The monoisotopic (exact) mass is 554 g/mol. The summed E-state index contributed by atoms with van der Waals surface area (Å²) in [6, 6.07) is 2.81. The number of hydrogen-bond acceptors (Lipinski definition) is 3. The maximum absolute atomic E-state index is 13.8. The summed E-state index contributed by atoms with van der Waals surface area (Å²) in [4.78, 5) is 0. The van der Waals surface area contributed by atoms with Crippen LogP contribution >= 0.6 is 0 Å². The van der Waals surface area contributed by atoms with Gasteiger partial charge in [0.1, 0.15) is 5.75 Å². The number of halogens is 13. The molecular formula is C20H19F13O3. The largest absolute Gasteiger partial charge is 0.471 e. The Morgan fingerprint density at radius 2 is 1.19 bits per heavy atom. The van der Waals surface area contributed by atoms with Gasteiger partial charge in [0.05, 0.1) is 13.2 Å². The molecular weight excluding hydrogens is 535 g/mol. The number of alkyl halides is 13. The highest BCUT2D eigenvalue weighted by atomic mass is 19.4. The zero-order valence-corrected chi connectivity index (χ0v) is 18.1. The van der Waals surface area contributed by atoms with Gasteiger partial charge < -0.3 is 14.2 Å². The molecule has 0 N–H and O–H groups in total. The van der Waals surface area contributed by atoms with E-state index in [0.29, 0.717) is 12.1 Å². The van der Waals surface area contributed by atoms with E-state index >= 15 is 0 Å². The van der Waals surface area contributed by atoms with Crippen LogP contribution in [0.5, 0.6) is 5.75 Å². The summed E-state index contributed by atoms with van der Waals surface area (Å²) in [5, 5.41) is 0. The molecule has 0 amide bonds. The molecule has 1 fully saturated rings. The lowest BCUT2D eigenvalue weighted by atomic mass is 9.97. The normalized spacial score (nSPS) is 20.9. The molecule has 0 bridgehead atoms. The molecule has 0 radical (unpaired) electrons. The van der Waals surface area contributed by atoms with Gasteiger partial charge in [0.2, 0.25) is 0 Å². The summed E-state index contributed by atoms with van der Waals surface area (Å²) in [5.41, 5.74) is 0.132. The first kappa shape index (κ1) is 30.3. The van der Waals surface area contributed by atoms with Crippen molar-refractivity contribution in [1.29, 1.82) is 0 Å². The van der Waals surface area contributed by atoms with Crippen LogP contribution in [0.1, 0.15) is 38.0 Å². The van der Waals surface area contributed by atoms with Crippen molar-refractivity contribution >= 4 is 0 Å². The first-order valence-corrected chi connectivity index (χ1v) is 10.2. The molecule has 0 unspecified atom stereocenters. The highest BCUT2D eigenvalue weighted by Crippen LogP contribution is 2.60. The second-order valence-corrected chi connectivity index (χ2v) is 7.99. The van der Waals surface area contributed by atoms with Crippen LogP contribution in [-0.4, -0.2) is 49.2 Å². The van der Waals surface area contributed by atoms with E-state index in [9.17, 15) is 57.1 Å². The number of benzene rings is 1. The molecule has 1 heterocycles. The lowest BCUT2D eigenvalue weighted by Crippen LogP contribution is -2.70. The zero-order valence-electron chi connectivity index (χ0n) is 18.1. The Hall–Kier alpha value is -1.97. The molecule has 3 nitrogen and oxygen atoms in total. The number of hydrogen-bond donors (Lipinski definition) is 0. The van der Waals surface area contributed by atoms with Gasteiger partial charge in [-0.25, -0.2) is 0 Å². The summed E-state index contributed by atoms with van der Waals surface area (Å²) in [7, 11) is 0. The maximum Gasteiger partial charge on any atom is 0.471 e. The van der Waals surface area contributed by atoms with Crippen molar-refractivity contribution in [3.63, 3.8) is 0 Å². The van der Waals surface area contributed by atoms with Gasteiger partial charge in [-0.3, -0.25) is 0 Å². The van der Waals surface area contributed by atoms with E-state index < -0.39 is 48.0 Å². The summed E-state index contributed by atoms with van der Waals surface area (Å²) in [6.07, 6.45) is -12.5. The van der Waals surface area contributed by atoms with E-state index in [2.05, 4.69) is 4.74 Å². The third kappa shape index (κ3) is 5.34. The summed E-state index contributed by atoms with van der Waals surface area (Å²) < 4.78 is 185. The molecule has 1 aromatic carbocycles. The topological polar surface area (TPSA) is 27.7 Å². The molecule has 1 saturated heterocycles. The molecule has 0 atom stereocenters. The minimum Gasteiger partial charge on any atom is -0.428 e. The van der Waals surface area contributed by atoms with Crippen molar-refractivity contribution < 1.29 is 71.3 Å². The summed E-state index contributed by atoms with van der Waals surface area (Å²) in [5.74, 6) is -32.5. The average molecular weight is 554 g/mol. The quantitative estimate of drug-likeness (QED) is 0.279. The van der Waals surface area contributed by atoms with Gasteiger partial charge in [0.15, 0.2) is 6.29 Å². The SMILES string of the molecule is CCCCC1COC(c2ccc(OC(F)(F)C(F)(F)C(F)(F)C(F)(F)C(F)(F)C(F)(F)F)cc2)OC1. The average Bonchev–Trinajstić information content (AvgIpc) is 2.77. The third-order valence-electron chi connectivity index (χ3n) is 5.24. The fourth-order valence-corrected chi connectivity index (χ4v) is 3.06. The molecule has 36 heavy (non-hydrogen) atoms. The maximum atomic E-state index is 13.8. The van der Waals surface area contributed by atoms with Crippen LogP contribution in [0.25, 0.3) is 0 Å². The van der Waals surface area contributed by atoms with Crippen LogP contribution in [-0.2, 0) is 9.47 Å². The van der Waals surface area contributed by atoms with Crippen LogP contribution in [0.15, 0.2) is 24.3 Å². The van der Waals surface area contributed by atoms with E-state index in [4.69, 9.17) is 9.47 Å². The second-order valence-electron chi connectivity index (χ2n) is 7.99. The van der Waals surface area contributed by atoms with E-state index in [1.807, 2.05) is 6.92 Å². The first-order valence-electron chi connectivity index (χ1n) is 10.2. The van der Waals surface area contributed by atoms with E-state index in [0.717, 1.165) is 31.4 Å². The minimum absolute atomic E-state index is 0.0780. The molecule has 1 aliphatic heterocycles. The van der Waals surface area contributed by atoms with Crippen molar-refractivity contribution in [2.75, 3.05) is 13.2 Å². The Kier molecular flexibility index (Phi) is 8.46. The van der Waals surface area contributed by atoms with Gasteiger partial charge in [-0.05, 0) is 18.6 Å². The molecule has 0 saturated carbocycles. The standard InChI is InChI=1S/C20H19F13O3/c1-2-3-4-11-9-34-14(35-10-11)12-5-7-13(8-6-12)36-20(32,33)18(27,28)16(23,24)15(21,22)17(25,26)19(29,30)31/h5-8,11,14H,2-4,9-10H2,1H3. The molecule has 0 spiro atoms. The van der Waals surface area contributed by atoms with Crippen LogP contribution in [0.2, 0.25) is 0 Å². The fraction of sp³-hybridized carbons (Fsp3) is 0.700. The number of unbranched alkanes of at least 4 members (excludes halogenated alkanes) is 1. The molecule has 1 aliphatic rings. The van der Waals surface area contributed by atoms with Crippen LogP contribution in [0.3, 0.4) is 0 Å². The first-order chi connectivity index (χ1) is 16.2. The Labute approximate surface area is 195 Å². The Bertz CT molecular complexity index is 861. The van der Waals surface area contributed by atoms with Crippen molar-refractivity contribution in [2.24, 2.45) is 5.92 Å². The van der Waals surface area contributed by atoms with Gasteiger partial charge in [-0.15, -0.1) is 0 Å². The van der Waals surface area contributed by atoms with Gasteiger partial charge in [0.25, 0.3) is 0 Å². The number of rotatable bonds is 10. The second kappa shape index (κ2) is 10.1. The molecule has 2 rings (SSSR count). The van der Waals surface area contributed by atoms with E-state index in [-0.39, 0.29) is 24.7 Å². The third-order valence-corrected chi connectivity index (χ3v) is 5.24. The predicted molar refractivity (Wildman–Crippen MR) is 95.5 cm³/mol. The highest BCUT2D eigenvalue weighted by Gasteiger charge is 2.91. The Morgan fingerprint density at radius 3 is 1.64 bits per heavy atom. The van der Waals surface area contributed by atoms with Crippen LogP contribution in [0, 0.1) is 5.92 Å². The van der Waals surface area contributed by atoms with Gasteiger partial charge in [-0.2, -0.15) is 57.1 Å². The molecule has 1 aromatic rings. The summed E-state index contributed by atoms with van der Waals surface area (Å²) in [6.45, 7) is 2.50. The van der Waals surface area contributed by atoms with Gasteiger partial charge in [-0.1, -0.05) is 31.9 Å². The zero-order chi connectivity index (χ0) is 27.8. The molecule has 208 valence electrons. The van der Waals surface area contributed by atoms with E-state index in [1.165, 1.54) is 0 Å². The highest BCUT2D eigenvalue weighted by molar-refractivity contribution is 5.29. The van der Waals surface area contributed by atoms with Crippen molar-refractivity contribution in [2.45, 2.75) is 68.5 Å². The lowest BCUT2D eigenvalue weighted by molar-refractivity contribution is -0.456. The minimum atomic E-state index is -7.98.